The van der Waals surface area contributed by atoms with Crippen LogP contribution in [-0.4, -0.2) is 24.0 Å². The lowest BCUT2D eigenvalue weighted by atomic mass is 10.1. The van der Waals surface area contributed by atoms with Gasteiger partial charge >= 0.3 is 0 Å². The SMILES string of the molecule is COc1cc(N)ccc1CN(C)Cc1ccncc1. The molecule has 0 amide bonds. The van der Waals surface area contributed by atoms with Crippen LogP contribution >= 0.6 is 0 Å². The van der Waals surface area contributed by atoms with Gasteiger partial charge in [0.1, 0.15) is 5.75 Å². The highest BCUT2D eigenvalue weighted by Gasteiger charge is 2.07. The molecule has 2 N–H and O–H groups in total. The molecule has 0 saturated carbocycles. The highest BCUT2D eigenvalue weighted by Crippen LogP contribution is 2.23. The fourth-order valence-corrected chi connectivity index (χ4v) is 2.04. The molecule has 19 heavy (non-hydrogen) atoms. The largest absolute Gasteiger partial charge is 0.496 e. The number of benzene rings is 1. The van der Waals surface area contributed by atoms with Gasteiger partial charge in [-0.3, -0.25) is 9.88 Å². The summed E-state index contributed by atoms with van der Waals surface area (Å²) in [6, 6.07) is 9.82. The van der Waals surface area contributed by atoms with Gasteiger partial charge in [-0.15, -0.1) is 0 Å². The molecular weight excluding hydrogens is 238 g/mol. The molecule has 0 aliphatic rings. The maximum Gasteiger partial charge on any atom is 0.125 e. The summed E-state index contributed by atoms with van der Waals surface area (Å²) < 4.78 is 5.36. The van der Waals surface area contributed by atoms with Gasteiger partial charge < -0.3 is 10.5 Å². The minimum absolute atomic E-state index is 0.720. The average molecular weight is 257 g/mol. The van der Waals surface area contributed by atoms with Crippen LogP contribution in [0.25, 0.3) is 0 Å². The Balaban J connectivity index is 2.04. The monoisotopic (exact) mass is 257 g/mol. The van der Waals surface area contributed by atoms with Crippen LogP contribution in [-0.2, 0) is 13.1 Å². The molecule has 0 bridgehead atoms. The van der Waals surface area contributed by atoms with Gasteiger partial charge in [-0.25, -0.2) is 0 Å². The second-order valence-corrected chi connectivity index (χ2v) is 4.60. The van der Waals surface area contributed by atoms with Gasteiger partial charge in [0.2, 0.25) is 0 Å². The number of nitrogen functional groups attached to an aromatic ring is 1. The molecule has 0 spiro atoms. The third kappa shape index (κ3) is 3.69. The molecule has 0 fully saturated rings. The van der Waals surface area contributed by atoms with Gasteiger partial charge in [-0.05, 0) is 30.8 Å². The van der Waals surface area contributed by atoms with Crippen LogP contribution < -0.4 is 10.5 Å². The van der Waals surface area contributed by atoms with Crippen molar-refractivity contribution in [3.05, 3.63) is 53.9 Å². The predicted molar refractivity (Wildman–Crippen MR) is 76.8 cm³/mol. The van der Waals surface area contributed by atoms with Crippen molar-refractivity contribution in [2.45, 2.75) is 13.1 Å². The number of anilines is 1. The number of nitrogens with two attached hydrogens (primary N) is 1. The van der Waals surface area contributed by atoms with Crippen molar-refractivity contribution in [2.24, 2.45) is 0 Å². The molecule has 1 aromatic heterocycles. The van der Waals surface area contributed by atoms with E-state index in [1.807, 2.05) is 42.7 Å². The summed E-state index contributed by atoms with van der Waals surface area (Å²) in [4.78, 5) is 6.25. The van der Waals surface area contributed by atoms with Crippen molar-refractivity contribution in [3.63, 3.8) is 0 Å². The Hall–Kier alpha value is -2.07. The predicted octanol–water partition coefficient (Wildman–Crippen LogP) is 2.30. The molecule has 0 saturated heterocycles. The Labute approximate surface area is 113 Å². The number of aromatic nitrogens is 1. The van der Waals surface area contributed by atoms with Crippen LogP contribution in [0.1, 0.15) is 11.1 Å². The van der Waals surface area contributed by atoms with E-state index in [0.717, 1.165) is 30.1 Å². The number of hydrogen-bond donors (Lipinski definition) is 1. The lowest BCUT2D eigenvalue weighted by Crippen LogP contribution is -2.17. The third-order valence-electron chi connectivity index (χ3n) is 2.95. The summed E-state index contributed by atoms with van der Waals surface area (Å²) in [5.41, 5.74) is 8.85. The Morgan fingerprint density at radius 2 is 1.89 bits per heavy atom. The Morgan fingerprint density at radius 1 is 1.16 bits per heavy atom. The zero-order valence-electron chi connectivity index (χ0n) is 11.3. The van der Waals surface area contributed by atoms with E-state index in [0.29, 0.717) is 0 Å². The van der Waals surface area contributed by atoms with Gasteiger partial charge in [-0.2, -0.15) is 0 Å². The first-order valence-electron chi connectivity index (χ1n) is 6.19. The Kier molecular flexibility index (Phi) is 4.36. The maximum atomic E-state index is 5.76. The van der Waals surface area contributed by atoms with E-state index in [-0.39, 0.29) is 0 Å². The normalized spacial score (nSPS) is 10.7. The molecule has 1 heterocycles. The first-order chi connectivity index (χ1) is 9.19. The Morgan fingerprint density at radius 3 is 2.58 bits per heavy atom. The highest BCUT2D eigenvalue weighted by molar-refractivity contribution is 5.48. The molecule has 2 rings (SSSR count). The zero-order chi connectivity index (χ0) is 13.7. The summed E-state index contributed by atoms with van der Waals surface area (Å²) in [6.45, 7) is 1.68. The van der Waals surface area contributed by atoms with E-state index in [9.17, 15) is 0 Å². The lowest BCUT2D eigenvalue weighted by molar-refractivity contribution is 0.310. The van der Waals surface area contributed by atoms with Crippen LogP contribution in [0.15, 0.2) is 42.7 Å². The zero-order valence-corrected chi connectivity index (χ0v) is 11.3. The van der Waals surface area contributed by atoms with E-state index >= 15 is 0 Å². The van der Waals surface area contributed by atoms with Gasteiger partial charge in [0, 0.05) is 42.8 Å². The quantitative estimate of drug-likeness (QED) is 0.835. The number of ether oxygens (including phenoxy) is 1. The topological polar surface area (TPSA) is 51.4 Å². The fourth-order valence-electron chi connectivity index (χ4n) is 2.04. The van der Waals surface area contributed by atoms with E-state index in [1.165, 1.54) is 5.56 Å². The lowest BCUT2D eigenvalue weighted by Gasteiger charge is -2.18. The molecule has 1 aromatic carbocycles. The van der Waals surface area contributed by atoms with Gasteiger partial charge in [0.05, 0.1) is 7.11 Å². The molecule has 0 radical (unpaired) electrons. The molecule has 2 aromatic rings. The van der Waals surface area contributed by atoms with Crippen molar-refractivity contribution in [3.8, 4) is 5.75 Å². The molecule has 4 heteroatoms. The number of pyridine rings is 1. The molecule has 4 nitrogen and oxygen atoms in total. The summed E-state index contributed by atoms with van der Waals surface area (Å²) in [6.07, 6.45) is 3.62. The van der Waals surface area contributed by atoms with Crippen molar-refractivity contribution in [1.82, 2.24) is 9.88 Å². The highest BCUT2D eigenvalue weighted by atomic mass is 16.5. The van der Waals surface area contributed by atoms with Crippen molar-refractivity contribution < 1.29 is 4.74 Å². The van der Waals surface area contributed by atoms with Crippen molar-refractivity contribution >= 4 is 5.69 Å². The second kappa shape index (κ2) is 6.20. The van der Waals surface area contributed by atoms with Crippen LogP contribution in [0.3, 0.4) is 0 Å². The molecule has 0 aliphatic heterocycles. The van der Waals surface area contributed by atoms with Gasteiger partial charge in [-0.1, -0.05) is 6.07 Å². The Bertz CT molecular complexity index is 528. The number of hydrogen-bond acceptors (Lipinski definition) is 4. The van der Waals surface area contributed by atoms with Gasteiger partial charge in [0.15, 0.2) is 0 Å². The second-order valence-electron chi connectivity index (χ2n) is 4.60. The first-order valence-corrected chi connectivity index (χ1v) is 6.19. The van der Waals surface area contributed by atoms with E-state index < -0.39 is 0 Å². The third-order valence-corrected chi connectivity index (χ3v) is 2.95. The van der Waals surface area contributed by atoms with E-state index in [1.54, 1.807) is 7.11 Å². The minimum atomic E-state index is 0.720. The van der Waals surface area contributed by atoms with Gasteiger partial charge in [0.25, 0.3) is 0 Å². The summed E-state index contributed by atoms with van der Waals surface area (Å²) >= 11 is 0. The summed E-state index contributed by atoms with van der Waals surface area (Å²) in [5, 5.41) is 0. The number of methoxy groups -OCH3 is 1. The first kappa shape index (κ1) is 13.4. The summed E-state index contributed by atoms with van der Waals surface area (Å²) in [7, 11) is 3.75. The van der Waals surface area contributed by atoms with Crippen molar-refractivity contribution in [2.75, 3.05) is 19.9 Å². The molecular formula is C15H19N3O. The fraction of sp³-hybridized carbons (Fsp3) is 0.267. The maximum absolute atomic E-state index is 5.76. The smallest absolute Gasteiger partial charge is 0.125 e. The van der Waals surface area contributed by atoms with Crippen LogP contribution in [0.5, 0.6) is 5.75 Å². The van der Waals surface area contributed by atoms with E-state index in [2.05, 4.69) is 16.9 Å². The minimum Gasteiger partial charge on any atom is -0.496 e. The molecule has 0 aliphatic carbocycles. The van der Waals surface area contributed by atoms with Crippen LogP contribution in [0, 0.1) is 0 Å². The average Bonchev–Trinajstić information content (AvgIpc) is 2.42. The van der Waals surface area contributed by atoms with Crippen LogP contribution in [0.4, 0.5) is 5.69 Å². The van der Waals surface area contributed by atoms with Crippen LogP contribution in [0.2, 0.25) is 0 Å². The number of nitrogens with zero attached hydrogens (tertiary/aromatic N) is 2. The molecule has 0 atom stereocenters. The number of rotatable bonds is 5. The molecule has 100 valence electrons. The van der Waals surface area contributed by atoms with Crippen molar-refractivity contribution in [1.29, 1.82) is 0 Å². The standard InChI is InChI=1S/C15H19N3O/c1-18(10-12-5-7-17-8-6-12)11-13-3-4-14(16)9-15(13)19-2/h3-9H,10-11,16H2,1-2H3. The summed E-state index contributed by atoms with van der Waals surface area (Å²) in [5.74, 6) is 0.835. The molecule has 0 unspecified atom stereocenters. The van der Waals surface area contributed by atoms with E-state index in [4.69, 9.17) is 10.5 Å².